The van der Waals surface area contributed by atoms with Crippen molar-refractivity contribution in [2.24, 2.45) is 4.99 Å². The summed E-state index contributed by atoms with van der Waals surface area (Å²) >= 11 is 3.34. The van der Waals surface area contributed by atoms with Gasteiger partial charge in [-0.1, -0.05) is 15.9 Å². The third kappa shape index (κ3) is 5.59. The van der Waals surface area contributed by atoms with Gasteiger partial charge in [-0.3, -0.25) is 4.99 Å². The van der Waals surface area contributed by atoms with Crippen molar-refractivity contribution >= 4 is 21.9 Å². The van der Waals surface area contributed by atoms with Gasteiger partial charge in [-0.25, -0.2) is 0 Å². The van der Waals surface area contributed by atoms with Crippen LogP contribution in [-0.4, -0.2) is 38.4 Å². The molecule has 1 unspecified atom stereocenters. The van der Waals surface area contributed by atoms with Crippen LogP contribution >= 0.6 is 15.9 Å². The molecule has 0 aliphatic carbocycles. The second-order valence-electron chi connectivity index (χ2n) is 5.81. The van der Waals surface area contributed by atoms with E-state index in [9.17, 15) is 8.78 Å². The Bertz CT molecular complexity index is 578. The van der Waals surface area contributed by atoms with E-state index in [1.54, 1.807) is 19.2 Å². The van der Waals surface area contributed by atoms with E-state index in [1.165, 1.54) is 6.07 Å². The highest BCUT2D eigenvalue weighted by molar-refractivity contribution is 9.10. The number of nitrogens with zero attached hydrogens (tertiary/aromatic N) is 1. The van der Waals surface area contributed by atoms with E-state index in [0.29, 0.717) is 24.6 Å². The third-order valence-electron chi connectivity index (χ3n) is 3.84. The number of halogens is 3. The fourth-order valence-electron chi connectivity index (χ4n) is 2.54. The van der Waals surface area contributed by atoms with Crippen LogP contribution < -0.4 is 15.4 Å². The number of hydrogen-bond acceptors (Lipinski definition) is 3. The lowest BCUT2D eigenvalue weighted by molar-refractivity contribution is -0.0504. The SMILES string of the molecule is CN=C(NCc1cc(Br)ccc1OC(F)F)NCC1(C)CCCO1. The predicted molar refractivity (Wildman–Crippen MR) is 92.6 cm³/mol. The van der Waals surface area contributed by atoms with Gasteiger partial charge in [0.05, 0.1) is 5.60 Å². The lowest BCUT2D eigenvalue weighted by atomic mass is 10.0. The Morgan fingerprint density at radius 3 is 2.88 bits per heavy atom. The minimum absolute atomic E-state index is 0.141. The van der Waals surface area contributed by atoms with Gasteiger partial charge in [0, 0.05) is 36.8 Å². The van der Waals surface area contributed by atoms with Crippen LogP contribution in [0.15, 0.2) is 27.7 Å². The van der Waals surface area contributed by atoms with Gasteiger partial charge in [0.1, 0.15) is 5.75 Å². The zero-order valence-electron chi connectivity index (χ0n) is 13.7. The van der Waals surface area contributed by atoms with Crippen molar-refractivity contribution in [3.05, 3.63) is 28.2 Å². The molecule has 0 amide bonds. The Morgan fingerprint density at radius 2 is 2.25 bits per heavy atom. The smallest absolute Gasteiger partial charge is 0.387 e. The number of ether oxygens (including phenoxy) is 2. The molecule has 1 aliphatic rings. The summed E-state index contributed by atoms with van der Waals surface area (Å²) in [5.74, 6) is 0.719. The summed E-state index contributed by atoms with van der Waals surface area (Å²) in [5, 5.41) is 6.32. The molecule has 0 radical (unpaired) electrons. The maximum absolute atomic E-state index is 12.5. The van der Waals surface area contributed by atoms with E-state index < -0.39 is 6.61 Å². The lowest BCUT2D eigenvalue weighted by Crippen LogP contribution is -2.45. The number of hydrogen-bond donors (Lipinski definition) is 2. The molecular formula is C16H22BrF2N3O2. The van der Waals surface area contributed by atoms with E-state index in [1.807, 2.05) is 0 Å². The largest absolute Gasteiger partial charge is 0.434 e. The first-order valence-electron chi connectivity index (χ1n) is 7.73. The van der Waals surface area contributed by atoms with Crippen LogP contribution in [0.4, 0.5) is 8.78 Å². The maximum atomic E-state index is 12.5. The molecule has 1 aliphatic heterocycles. The lowest BCUT2D eigenvalue weighted by Gasteiger charge is -2.24. The van der Waals surface area contributed by atoms with Gasteiger partial charge in [0.15, 0.2) is 5.96 Å². The van der Waals surface area contributed by atoms with Gasteiger partial charge in [-0.2, -0.15) is 8.78 Å². The molecule has 0 spiro atoms. The van der Waals surface area contributed by atoms with Gasteiger partial charge >= 0.3 is 6.61 Å². The van der Waals surface area contributed by atoms with E-state index >= 15 is 0 Å². The highest BCUT2D eigenvalue weighted by Crippen LogP contribution is 2.25. The molecular weight excluding hydrogens is 384 g/mol. The molecule has 2 rings (SSSR count). The van der Waals surface area contributed by atoms with Crippen molar-refractivity contribution in [1.82, 2.24) is 10.6 Å². The first-order valence-corrected chi connectivity index (χ1v) is 8.53. The van der Waals surface area contributed by atoms with Gasteiger partial charge in [0.2, 0.25) is 0 Å². The number of alkyl halides is 2. The van der Waals surface area contributed by atoms with Crippen LogP contribution in [0, 0.1) is 0 Å². The quantitative estimate of drug-likeness (QED) is 0.563. The number of aliphatic imine (C=N–C) groups is 1. The zero-order chi connectivity index (χ0) is 17.6. The van der Waals surface area contributed by atoms with Gasteiger partial charge in [-0.05, 0) is 38.0 Å². The molecule has 1 heterocycles. The fraction of sp³-hybridized carbons (Fsp3) is 0.562. The molecule has 1 fully saturated rings. The van der Waals surface area contributed by atoms with E-state index in [0.717, 1.165) is 23.9 Å². The average molecular weight is 406 g/mol. The molecule has 1 saturated heterocycles. The van der Waals surface area contributed by atoms with Crippen LogP contribution in [0.2, 0.25) is 0 Å². The van der Waals surface area contributed by atoms with Crippen molar-refractivity contribution in [3.63, 3.8) is 0 Å². The topological polar surface area (TPSA) is 54.9 Å². The van der Waals surface area contributed by atoms with Crippen LogP contribution in [0.3, 0.4) is 0 Å². The second-order valence-corrected chi connectivity index (χ2v) is 6.73. The van der Waals surface area contributed by atoms with Crippen molar-refractivity contribution in [1.29, 1.82) is 0 Å². The number of rotatable bonds is 6. The zero-order valence-corrected chi connectivity index (χ0v) is 15.3. The number of nitrogens with one attached hydrogen (secondary N) is 2. The Hall–Kier alpha value is -1.41. The summed E-state index contributed by atoms with van der Waals surface area (Å²) in [6.07, 6.45) is 2.05. The summed E-state index contributed by atoms with van der Waals surface area (Å²) in [4.78, 5) is 4.15. The Labute approximate surface area is 148 Å². The van der Waals surface area contributed by atoms with E-state index in [4.69, 9.17) is 4.74 Å². The Kier molecular flexibility index (Phi) is 6.79. The molecule has 1 atom stereocenters. The second kappa shape index (κ2) is 8.62. The molecule has 0 bridgehead atoms. The van der Waals surface area contributed by atoms with Gasteiger partial charge in [0.25, 0.3) is 0 Å². The van der Waals surface area contributed by atoms with Crippen LogP contribution in [-0.2, 0) is 11.3 Å². The highest BCUT2D eigenvalue weighted by Gasteiger charge is 2.29. The normalized spacial score (nSPS) is 21.2. The van der Waals surface area contributed by atoms with Crippen molar-refractivity contribution in [2.45, 2.75) is 38.5 Å². The Balaban J connectivity index is 1.94. The molecule has 134 valence electrons. The van der Waals surface area contributed by atoms with E-state index in [-0.39, 0.29) is 11.4 Å². The molecule has 1 aromatic carbocycles. The number of guanidine groups is 1. The summed E-state index contributed by atoms with van der Waals surface area (Å²) in [7, 11) is 1.66. The first kappa shape index (κ1) is 18.9. The summed E-state index contributed by atoms with van der Waals surface area (Å²) in [6.45, 7) is 0.908. The van der Waals surface area contributed by atoms with Crippen molar-refractivity contribution in [3.8, 4) is 5.75 Å². The van der Waals surface area contributed by atoms with Crippen LogP contribution in [0.5, 0.6) is 5.75 Å². The first-order chi connectivity index (χ1) is 11.4. The minimum atomic E-state index is -2.86. The van der Waals surface area contributed by atoms with Crippen molar-refractivity contribution < 1.29 is 18.3 Å². The molecule has 0 saturated carbocycles. The monoisotopic (exact) mass is 405 g/mol. The van der Waals surface area contributed by atoms with Crippen LogP contribution in [0.1, 0.15) is 25.3 Å². The molecule has 5 nitrogen and oxygen atoms in total. The summed E-state index contributed by atoms with van der Waals surface area (Å²) in [6, 6.07) is 4.91. The molecule has 2 N–H and O–H groups in total. The maximum Gasteiger partial charge on any atom is 0.387 e. The summed E-state index contributed by atoms with van der Waals surface area (Å²) in [5.41, 5.74) is 0.410. The molecule has 0 aromatic heterocycles. The highest BCUT2D eigenvalue weighted by atomic mass is 79.9. The van der Waals surface area contributed by atoms with Gasteiger partial charge in [-0.15, -0.1) is 0 Å². The average Bonchev–Trinajstić information content (AvgIpc) is 2.96. The summed E-state index contributed by atoms with van der Waals surface area (Å²) < 4.78 is 36.1. The molecule has 24 heavy (non-hydrogen) atoms. The standard InChI is InChI=1S/C16H22BrF2N3O2/c1-16(6-3-7-23-16)10-22-15(20-2)21-9-11-8-12(17)4-5-13(11)24-14(18)19/h4-5,8,14H,3,6-7,9-10H2,1-2H3,(H2,20,21,22). The molecule has 8 heteroatoms. The third-order valence-corrected chi connectivity index (χ3v) is 4.33. The van der Waals surface area contributed by atoms with Gasteiger partial charge < -0.3 is 20.1 Å². The predicted octanol–water partition coefficient (Wildman–Crippen LogP) is 3.28. The van der Waals surface area contributed by atoms with Crippen molar-refractivity contribution in [2.75, 3.05) is 20.2 Å². The van der Waals surface area contributed by atoms with Crippen LogP contribution in [0.25, 0.3) is 0 Å². The number of benzene rings is 1. The fourth-order valence-corrected chi connectivity index (χ4v) is 2.95. The Morgan fingerprint density at radius 1 is 1.46 bits per heavy atom. The minimum Gasteiger partial charge on any atom is -0.434 e. The molecule has 1 aromatic rings. The van der Waals surface area contributed by atoms with E-state index in [2.05, 4.69) is 43.2 Å².